The fraction of sp³-hybridized carbons (Fsp3) is 0.529. The third-order valence-corrected chi connectivity index (χ3v) is 5.60. The maximum Gasteiger partial charge on any atom is 0.250 e. The van der Waals surface area contributed by atoms with Crippen molar-refractivity contribution in [1.82, 2.24) is 0 Å². The fourth-order valence-corrected chi connectivity index (χ4v) is 4.31. The molecule has 0 radical (unpaired) electrons. The molecule has 3 rings (SSSR count). The summed E-state index contributed by atoms with van der Waals surface area (Å²) in [5.74, 6) is 0.344. The van der Waals surface area contributed by atoms with Gasteiger partial charge >= 0.3 is 0 Å². The number of hydrogen-bond donors (Lipinski definition) is 3. The molecule has 2 aliphatic carbocycles. The zero-order chi connectivity index (χ0) is 16.6. The summed E-state index contributed by atoms with van der Waals surface area (Å²) in [6.45, 7) is 0. The molecule has 2 saturated carbocycles. The normalized spacial score (nSPS) is 29.8. The second kappa shape index (κ2) is 6.49. The van der Waals surface area contributed by atoms with Gasteiger partial charge in [-0.15, -0.1) is 0 Å². The average molecular weight is 336 g/mol. The first-order valence-corrected chi connectivity index (χ1v) is 8.49. The SMILES string of the molecule is NC(=O)c1ccc(NC(=O)C2CC3CCCC(C2)C3N)cc1Cl. The van der Waals surface area contributed by atoms with Crippen molar-refractivity contribution in [1.29, 1.82) is 0 Å². The Morgan fingerprint density at radius 3 is 2.39 bits per heavy atom. The third kappa shape index (κ3) is 3.35. The van der Waals surface area contributed by atoms with Gasteiger partial charge in [-0.25, -0.2) is 0 Å². The zero-order valence-electron chi connectivity index (χ0n) is 12.9. The first kappa shape index (κ1) is 16.3. The van der Waals surface area contributed by atoms with Crippen molar-refractivity contribution in [2.45, 2.75) is 38.1 Å². The number of carbonyl (C=O) groups excluding carboxylic acids is 2. The van der Waals surface area contributed by atoms with Crippen molar-refractivity contribution in [3.63, 3.8) is 0 Å². The lowest BCUT2D eigenvalue weighted by molar-refractivity contribution is -0.122. The van der Waals surface area contributed by atoms with E-state index in [1.54, 1.807) is 12.1 Å². The standard InChI is InChI=1S/C17H22ClN3O2/c18-14-8-12(4-5-13(14)16(20)22)21-17(23)11-6-9-2-1-3-10(7-11)15(9)19/h4-5,8-11,15H,1-3,6-7,19H2,(H2,20,22)(H,21,23). The van der Waals surface area contributed by atoms with Crippen LogP contribution in [0.2, 0.25) is 5.02 Å². The van der Waals surface area contributed by atoms with Gasteiger partial charge in [-0.1, -0.05) is 18.0 Å². The molecule has 2 bridgehead atoms. The van der Waals surface area contributed by atoms with Crippen molar-refractivity contribution >= 4 is 29.1 Å². The lowest BCUT2D eigenvalue weighted by Crippen LogP contribution is -2.48. The Hall–Kier alpha value is -1.59. The molecule has 2 unspecified atom stereocenters. The predicted octanol–water partition coefficient (Wildman–Crippen LogP) is 2.53. The van der Waals surface area contributed by atoms with Crippen LogP contribution in [0, 0.1) is 17.8 Å². The predicted molar refractivity (Wildman–Crippen MR) is 90.1 cm³/mol. The van der Waals surface area contributed by atoms with Gasteiger partial charge in [0.1, 0.15) is 0 Å². The lowest BCUT2D eigenvalue weighted by Gasteiger charge is -2.43. The topological polar surface area (TPSA) is 98.2 Å². The summed E-state index contributed by atoms with van der Waals surface area (Å²) >= 11 is 6.02. The molecule has 1 aromatic rings. The monoisotopic (exact) mass is 335 g/mol. The molecule has 5 nitrogen and oxygen atoms in total. The molecule has 2 amide bonds. The highest BCUT2D eigenvalue weighted by molar-refractivity contribution is 6.34. The maximum atomic E-state index is 12.5. The van der Waals surface area contributed by atoms with Gasteiger partial charge in [-0.2, -0.15) is 0 Å². The van der Waals surface area contributed by atoms with Gasteiger partial charge in [0.05, 0.1) is 10.6 Å². The molecular weight excluding hydrogens is 314 g/mol. The molecule has 23 heavy (non-hydrogen) atoms. The van der Waals surface area contributed by atoms with Gasteiger partial charge in [0.25, 0.3) is 0 Å². The Kier molecular flexibility index (Phi) is 4.60. The van der Waals surface area contributed by atoms with Crippen LogP contribution < -0.4 is 16.8 Å². The molecule has 2 atom stereocenters. The molecule has 1 aromatic carbocycles. The number of primary amides is 1. The molecule has 2 fully saturated rings. The van der Waals surface area contributed by atoms with Crippen LogP contribution in [0.5, 0.6) is 0 Å². The van der Waals surface area contributed by atoms with Crippen LogP contribution in [0.1, 0.15) is 42.5 Å². The van der Waals surface area contributed by atoms with Crippen LogP contribution in [0.25, 0.3) is 0 Å². The zero-order valence-corrected chi connectivity index (χ0v) is 13.7. The molecular formula is C17H22ClN3O2. The van der Waals surface area contributed by atoms with E-state index in [1.165, 1.54) is 12.5 Å². The van der Waals surface area contributed by atoms with E-state index in [1.807, 2.05) is 0 Å². The molecule has 2 aliphatic rings. The number of anilines is 1. The number of amides is 2. The van der Waals surface area contributed by atoms with Gasteiger partial charge < -0.3 is 16.8 Å². The number of hydrogen-bond acceptors (Lipinski definition) is 3. The quantitative estimate of drug-likeness (QED) is 0.791. The van der Waals surface area contributed by atoms with Crippen LogP contribution in [-0.2, 0) is 4.79 Å². The molecule has 0 aromatic heterocycles. The van der Waals surface area contributed by atoms with Crippen molar-refractivity contribution in [2.24, 2.45) is 29.2 Å². The third-order valence-electron chi connectivity index (χ3n) is 5.29. The van der Waals surface area contributed by atoms with E-state index in [-0.39, 0.29) is 28.5 Å². The molecule has 0 aliphatic heterocycles. The van der Waals surface area contributed by atoms with E-state index in [2.05, 4.69) is 5.32 Å². The Bertz CT molecular complexity index is 620. The van der Waals surface area contributed by atoms with Crippen LogP contribution in [-0.4, -0.2) is 17.9 Å². The second-order valence-corrected chi connectivity index (χ2v) is 7.15. The van der Waals surface area contributed by atoms with Crippen LogP contribution >= 0.6 is 11.6 Å². The van der Waals surface area contributed by atoms with E-state index in [4.69, 9.17) is 23.1 Å². The van der Waals surface area contributed by atoms with Gasteiger partial charge in [-0.05, 0) is 55.7 Å². The van der Waals surface area contributed by atoms with Gasteiger partial charge in [0.2, 0.25) is 11.8 Å². The minimum absolute atomic E-state index is 0.000285. The number of nitrogens with two attached hydrogens (primary N) is 2. The number of benzene rings is 1. The van der Waals surface area contributed by atoms with Crippen molar-refractivity contribution in [3.8, 4) is 0 Å². The summed E-state index contributed by atoms with van der Waals surface area (Å²) in [7, 11) is 0. The van der Waals surface area contributed by atoms with Crippen molar-refractivity contribution < 1.29 is 9.59 Å². The summed E-state index contributed by atoms with van der Waals surface area (Å²) in [4.78, 5) is 23.7. The van der Waals surface area contributed by atoms with Crippen molar-refractivity contribution in [2.75, 3.05) is 5.32 Å². The first-order chi connectivity index (χ1) is 11.0. The van der Waals surface area contributed by atoms with Gasteiger partial charge in [-0.3, -0.25) is 9.59 Å². The van der Waals surface area contributed by atoms with Crippen LogP contribution in [0.15, 0.2) is 18.2 Å². The lowest BCUT2D eigenvalue weighted by atomic mass is 9.65. The summed E-state index contributed by atoms with van der Waals surface area (Å²) in [6.07, 6.45) is 5.19. The van der Waals surface area contributed by atoms with Crippen LogP contribution in [0.3, 0.4) is 0 Å². The average Bonchev–Trinajstić information content (AvgIpc) is 2.46. The molecule has 0 saturated heterocycles. The molecule has 0 heterocycles. The highest BCUT2D eigenvalue weighted by Gasteiger charge is 2.40. The van der Waals surface area contributed by atoms with E-state index in [0.717, 1.165) is 25.7 Å². The second-order valence-electron chi connectivity index (χ2n) is 6.74. The minimum Gasteiger partial charge on any atom is -0.366 e. The molecule has 124 valence electrons. The Labute approximate surface area is 140 Å². The Morgan fingerprint density at radius 1 is 1.17 bits per heavy atom. The number of fused-ring (bicyclic) bond motifs is 2. The van der Waals surface area contributed by atoms with E-state index < -0.39 is 5.91 Å². The maximum absolute atomic E-state index is 12.5. The van der Waals surface area contributed by atoms with Gasteiger partial charge in [0.15, 0.2) is 0 Å². The van der Waals surface area contributed by atoms with E-state index in [9.17, 15) is 9.59 Å². The Morgan fingerprint density at radius 2 is 1.83 bits per heavy atom. The van der Waals surface area contributed by atoms with E-state index >= 15 is 0 Å². The summed E-state index contributed by atoms with van der Waals surface area (Å²) < 4.78 is 0. The fourth-order valence-electron chi connectivity index (χ4n) is 4.04. The minimum atomic E-state index is -0.582. The van der Waals surface area contributed by atoms with Gasteiger partial charge in [0, 0.05) is 17.6 Å². The summed E-state index contributed by atoms with van der Waals surface area (Å²) in [5.41, 5.74) is 12.3. The largest absolute Gasteiger partial charge is 0.366 e. The number of nitrogens with one attached hydrogen (secondary N) is 1. The first-order valence-electron chi connectivity index (χ1n) is 8.11. The number of carbonyl (C=O) groups is 2. The molecule has 0 spiro atoms. The smallest absolute Gasteiger partial charge is 0.250 e. The number of halogens is 1. The Balaban J connectivity index is 1.68. The van der Waals surface area contributed by atoms with Crippen LogP contribution in [0.4, 0.5) is 5.69 Å². The highest BCUT2D eigenvalue weighted by atomic mass is 35.5. The molecule has 5 N–H and O–H groups in total. The summed E-state index contributed by atoms with van der Waals surface area (Å²) in [5, 5.41) is 3.15. The van der Waals surface area contributed by atoms with E-state index in [0.29, 0.717) is 17.5 Å². The summed E-state index contributed by atoms with van der Waals surface area (Å²) in [6, 6.07) is 5.00. The highest BCUT2D eigenvalue weighted by Crippen LogP contribution is 2.42. The molecule has 6 heteroatoms. The number of rotatable bonds is 3. The van der Waals surface area contributed by atoms with Crippen molar-refractivity contribution in [3.05, 3.63) is 28.8 Å².